The molecule has 2 unspecified atom stereocenters. The zero-order valence-electron chi connectivity index (χ0n) is 11.7. The van der Waals surface area contributed by atoms with E-state index in [1.807, 2.05) is 0 Å². The fourth-order valence-corrected chi connectivity index (χ4v) is 3.84. The number of esters is 3. The second kappa shape index (κ2) is 5.58. The molecule has 0 amide bonds. The summed E-state index contributed by atoms with van der Waals surface area (Å²) in [6.07, 6.45) is 3.59. The van der Waals surface area contributed by atoms with Crippen LogP contribution in [-0.4, -0.2) is 30.3 Å². The first kappa shape index (κ1) is 14.2. The molecule has 1 saturated carbocycles. The van der Waals surface area contributed by atoms with Gasteiger partial charge < -0.3 is 9.47 Å². The number of rotatable bonds is 2. The minimum absolute atomic E-state index is 0.00787. The SMILES string of the molecule is O=C1CC(C2CCC(C3CC(=O)OC3=O)CC2)C(=O)CO1. The van der Waals surface area contributed by atoms with E-state index in [-0.39, 0.29) is 54.9 Å². The van der Waals surface area contributed by atoms with Gasteiger partial charge in [0.25, 0.3) is 0 Å². The molecule has 2 aliphatic heterocycles. The van der Waals surface area contributed by atoms with Crippen molar-refractivity contribution in [3.63, 3.8) is 0 Å². The highest BCUT2D eigenvalue weighted by atomic mass is 16.6. The van der Waals surface area contributed by atoms with Crippen LogP contribution in [-0.2, 0) is 28.7 Å². The first-order chi connectivity index (χ1) is 10.0. The fourth-order valence-electron chi connectivity index (χ4n) is 3.84. The Balaban J connectivity index is 1.57. The molecule has 1 aliphatic carbocycles. The van der Waals surface area contributed by atoms with Crippen LogP contribution in [0.25, 0.3) is 0 Å². The summed E-state index contributed by atoms with van der Waals surface area (Å²) in [4.78, 5) is 46.0. The minimum atomic E-state index is -0.433. The third-order valence-corrected chi connectivity index (χ3v) is 5.03. The van der Waals surface area contributed by atoms with E-state index in [1.165, 1.54) is 0 Å². The van der Waals surface area contributed by atoms with Crippen LogP contribution in [0.4, 0.5) is 0 Å². The summed E-state index contributed by atoms with van der Waals surface area (Å²) in [5.74, 6) is -1.33. The lowest BCUT2D eigenvalue weighted by Gasteiger charge is -2.35. The van der Waals surface area contributed by atoms with E-state index in [2.05, 4.69) is 4.74 Å². The quantitative estimate of drug-likeness (QED) is 0.558. The molecule has 21 heavy (non-hydrogen) atoms. The zero-order valence-corrected chi connectivity index (χ0v) is 11.7. The van der Waals surface area contributed by atoms with Gasteiger partial charge in [0.2, 0.25) is 0 Å². The van der Waals surface area contributed by atoms with E-state index < -0.39 is 11.9 Å². The lowest BCUT2D eigenvalue weighted by atomic mass is 9.69. The van der Waals surface area contributed by atoms with Crippen molar-refractivity contribution >= 4 is 23.7 Å². The lowest BCUT2D eigenvalue weighted by Crippen LogP contribution is -2.38. The van der Waals surface area contributed by atoms with E-state index in [1.54, 1.807) is 0 Å². The molecule has 2 heterocycles. The largest absolute Gasteiger partial charge is 0.458 e. The fraction of sp³-hybridized carbons (Fsp3) is 0.733. The molecule has 3 fully saturated rings. The van der Waals surface area contributed by atoms with Gasteiger partial charge in [-0.25, -0.2) is 0 Å². The second-order valence-corrected chi connectivity index (χ2v) is 6.22. The predicted molar refractivity (Wildman–Crippen MR) is 68.7 cm³/mol. The van der Waals surface area contributed by atoms with E-state index in [0.29, 0.717) is 0 Å². The van der Waals surface area contributed by atoms with Crippen molar-refractivity contribution < 1.29 is 28.7 Å². The van der Waals surface area contributed by atoms with E-state index in [9.17, 15) is 19.2 Å². The molecule has 0 aromatic carbocycles. The molecule has 6 nitrogen and oxygen atoms in total. The molecule has 0 aromatic heterocycles. The number of hydrogen-bond donors (Lipinski definition) is 0. The summed E-state index contributed by atoms with van der Waals surface area (Å²) >= 11 is 0. The van der Waals surface area contributed by atoms with Gasteiger partial charge in [0.15, 0.2) is 5.78 Å². The van der Waals surface area contributed by atoms with Gasteiger partial charge in [0, 0.05) is 5.92 Å². The standard InChI is InChI=1S/C15H18O6/c16-12-7-20-13(17)5-10(12)8-1-3-9(4-2-8)11-6-14(18)21-15(11)19/h8-11H,1-7H2. The maximum Gasteiger partial charge on any atom is 0.317 e. The molecular formula is C15H18O6. The van der Waals surface area contributed by atoms with Crippen LogP contribution >= 0.6 is 0 Å². The molecule has 0 bridgehead atoms. The average molecular weight is 294 g/mol. The normalized spacial score (nSPS) is 37.3. The molecule has 3 aliphatic rings. The number of cyclic esters (lactones) is 3. The average Bonchev–Trinajstić information content (AvgIpc) is 2.81. The van der Waals surface area contributed by atoms with Crippen molar-refractivity contribution in [1.82, 2.24) is 0 Å². The van der Waals surface area contributed by atoms with Crippen LogP contribution in [0.3, 0.4) is 0 Å². The molecule has 2 saturated heterocycles. The third kappa shape index (κ3) is 2.84. The van der Waals surface area contributed by atoms with Crippen LogP contribution in [0.2, 0.25) is 0 Å². The van der Waals surface area contributed by atoms with Crippen LogP contribution in [0.5, 0.6) is 0 Å². The number of ether oxygens (including phenoxy) is 2. The van der Waals surface area contributed by atoms with Gasteiger partial charge in [-0.2, -0.15) is 0 Å². The van der Waals surface area contributed by atoms with Crippen molar-refractivity contribution in [2.45, 2.75) is 38.5 Å². The molecule has 0 spiro atoms. The number of ketones is 1. The summed E-state index contributed by atoms with van der Waals surface area (Å²) < 4.78 is 9.36. The number of Topliss-reactive ketones (excluding diaryl/α,β-unsaturated/α-hetero) is 1. The highest BCUT2D eigenvalue weighted by molar-refractivity contribution is 5.94. The predicted octanol–water partition coefficient (Wildman–Crippen LogP) is 1.01. The molecule has 2 atom stereocenters. The Bertz CT molecular complexity index is 488. The van der Waals surface area contributed by atoms with Crippen molar-refractivity contribution in [2.75, 3.05) is 6.61 Å². The van der Waals surface area contributed by atoms with E-state index in [4.69, 9.17) is 4.74 Å². The summed E-state index contributed by atoms with van der Waals surface area (Å²) in [7, 11) is 0. The third-order valence-electron chi connectivity index (χ3n) is 5.03. The van der Waals surface area contributed by atoms with E-state index >= 15 is 0 Å². The topological polar surface area (TPSA) is 86.7 Å². The Morgan fingerprint density at radius 1 is 0.762 bits per heavy atom. The van der Waals surface area contributed by atoms with Crippen molar-refractivity contribution in [3.8, 4) is 0 Å². The van der Waals surface area contributed by atoms with Gasteiger partial charge in [-0.05, 0) is 37.5 Å². The zero-order chi connectivity index (χ0) is 15.0. The molecular weight excluding hydrogens is 276 g/mol. The molecule has 0 radical (unpaired) electrons. The van der Waals surface area contributed by atoms with Crippen LogP contribution < -0.4 is 0 Å². The Morgan fingerprint density at radius 3 is 1.90 bits per heavy atom. The molecule has 6 heteroatoms. The number of carbonyl (C=O) groups excluding carboxylic acids is 4. The summed E-state index contributed by atoms with van der Waals surface area (Å²) in [5.41, 5.74) is 0. The van der Waals surface area contributed by atoms with Gasteiger partial charge in [-0.3, -0.25) is 19.2 Å². The Morgan fingerprint density at radius 2 is 1.33 bits per heavy atom. The van der Waals surface area contributed by atoms with Gasteiger partial charge >= 0.3 is 17.9 Å². The second-order valence-electron chi connectivity index (χ2n) is 6.22. The van der Waals surface area contributed by atoms with Gasteiger partial charge in [-0.1, -0.05) is 0 Å². The van der Waals surface area contributed by atoms with Crippen LogP contribution in [0.1, 0.15) is 38.5 Å². The lowest BCUT2D eigenvalue weighted by molar-refractivity contribution is -0.158. The summed E-state index contributed by atoms with van der Waals surface area (Å²) in [6, 6.07) is 0. The van der Waals surface area contributed by atoms with Gasteiger partial charge in [0.05, 0.1) is 18.8 Å². The maximum atomic E-state index is 11.9. The molecule has 114 valence electrons. The van der Waals surface area contributed by atoms with Crippen molar-refractivity contribution in [1.29, 1.82) is 0 Å². The molecule has 3 rings (SSSR count). The first-order valence-corrected chi connectivity index (χ1v) is 7.47. The Labute approximate surface area is 122 Å². The Kier molecular flexibility index (Phi) is 3.78. The smallest absolute Gasteiger partial charge is 0.317 e. The highest BCUT2D eigenvalue weighted by Gasteiger charge is 2.43. The maximum absolute atomic E-state index is 11.9. The van der Waals surface area contributed by atoms with E-state index in [0.717, 1.165) is 25.7 Å². The van der Waals surface area contributed by atoms with Gasteiger partial charge in [0.1, 0.15) is 6.61 Å². The summed E-state index contributed by atoms with van der Waals surface area (Å²) in [6.45, 7) is -0.104. The first-order valence-electron chi connectivity index (χ1n) is 7.47. The van der Waals surface area contributed by atoms with Gasteiger partial charge in [-0.15, -0.1) is 0 Å². The minimum Gasteiger partial charge on any atom is -0.458 e. The highest BCUT2D eigenvalue weighted by Crippen LogP contribution is 2.41. The molecule has 0 aromatic rings. The number of hydrogen-bond acceptors (Lipinski definition) is 6. The summed E-state index contributed by atoms with van der Waals surface area (Å²) in [5, 5.41) is 0. The Hall–Kier alpha value is -1.72. The van der Waals surface area contributed by atoms with Crippen molar-refractivity contribution in [2.24, 2.45) is 23.7 Å². The van der Waals surface area contributed by atoms with Crippen LogP contribution in [0.15, 0.2) is 0 Å². The number of carbonyl (C=O) groups is 4. The van der Waals surface area contributed by atoms with Crippen LogP contribution in [0, 0.1) is 23.7 Å². The van der Waals surface area contributed by atoms with Crippen molar-refractivity contribution in [3.05, 3.63) is 0 Å². The monoisotopic (exact) mass is 294 g/mol. The molecule has 0 N–H and O–H groups in total.